The summed E-state index contributed by atoms with van der Waals surface area (Å²) in [6, 6.07) is 2.81. The van der Waals surface area contributed by atoms with E-state index in [9.17, 15) is 13.9 Å². The number of aliphatic hydroxyl groups is 1. The third kappa shape index (κ3) is 8.60. The monoisotopic (exact) mass is 531 g/mol. The van der Waals surface area contributed by atoms with Gasteiger partial charge in [-0.25, -0.2) is 13.2 Å². The Morgan fingerprint density at radius 2 is 1.97 bits per heavy atom. The van der Waals surface area contributed by atoms with Crippen LogP contribution in [0.4, 0.5) is 13.2 Å². The van der Waals surface area contributed by atoms with E-state index in [0.717, 1.165) is 19.4 Å². The molecule has 1 aliphatic carbocycles. The zero-order valence-corrected chi connectivity index (χ0v) is 22.3. The molecule has 2 aromatic rings. The smallest absolute Gasteiger partial charge is 0.259 e. The molecule has 0 amide bonds. The Hall–Kier alpha value is -1.93. The van der Waals surface area contributed by atoms with Crippen LogP contribution in [-0.4, -0.2) is 44.9 Å². The van der Waals surface area contributed by atoms with Gasteiger partial charge in [-0.1, -0.05) is 27.8 Å². The summed E-state index contributed by atoms with van der Waals surface area (Å²) < 4.78 is 42.3. The van der Waals surface area contributed by atoms with Gasteiger partial charge in [-0.05, 0) is 75.9 Å². The number of hydrogen-bond acceptors (Lipinski definition) is 5. The Labute approximate surface area is 211 Å². The highest BCUT2D eigenvalue weighted by Crippen LogP contribution is 2.37. The topological polar surface area (TPSA) is 113 Å². The van der Waals surface area contributed by atoms with Crippen molar-refractivity contribution < 1.29 is 18.3 Å². The van der Waals surface area contributed by atoms with E-state index < -0.39 is 23.5 Å². The van der Waals surface area contributed by atoms with Crippen LogP contribution in [0.3, 0.4) is 0 Å². The van der Waals surface area contributed by atoms with E-state index >= 15 is 4.39 Å². The molecule has 1 unspecified atom stereocenters. The lowest BCUT2D eigenvalue weighted by Gasteiger charge is -2.19. The SMILES string of the molecule is CCN.Cc1[nH]nc(Cl)c1-c1cc(F)c(/C(N)=C/C(=NC2CC2)C(C)(C)O)cc1CCC(F)(F)P. The number of benzene rings is 1. The molecule has 1 aromatic carbocycles. The van der Waals surface area contributed by atoms with Gasteiger partial charge in [0.1, 0.15) is 11.4 Å². The molecule has 6 nitrogen and oxygen atoms in total. The lowest BCUT2D eigenvalue weighted by Crippen LogP contribution is -2.31. The van der Waals surface area contributed by atoms with Gasteiger partial charge in [-0.15, -0.1) is 0 Å². The lowest BCUT2D eigenvalue weighted by molar-refractivity contribution is 0.0948. The average molecular weight is 532 g/mol. The minimum Gasteiger partial charge on any atom is -0.398 e. The molecule has 1 heterocycles. The number of nitrogens with zero attached hydrogens (tertiary/aromatic N) is 2. The van der Waals surface area contributed by atoms with E-state index in [1.165, 1.54) is 27.4 Å². The van der Waals surface area contributed by atoms with E-state index in [1.807, 2.05) is 6.92 Å². The second-order valence-electron chi connectivity index (χ2n) is 9.08. The molecule has 0 spiro atoms. The third-order valence-corrected chi connectivity index (χ3v) is 5.75. The minimum atomic E-state index is -2.98. The molecule has 1 aliphatic rings. The summed E-state index contributed by atoms with van der Waals surface area (Å²) in [7, 11) is 1.51. The van der Waals surface area contributed by atoms with E-state index in [0.29, 0.717) is 28.1 Å². The fraction of sp³-hybridized carbons (Fsp3) is 0.500. The molecule has 0 aliphatic heterocycles. The van der Waals surface area contributed by atoms with Crippen LogP contribution in [-0.2, 0) is 6.42 Å². The first-order chi connectivity index (χ1) is 16.2. The number of H-pyrrole nitrogens is 1. The Kier molecular flexibility index (Phi) is 9.94. The molecule has 0 bridgehead atoms. The minimum absolute atomic E-state index is 0.0398. The Balaban J connectivity index is 0.00000137. The number of nitrogens with one attached hydrogen (secondary N) is 1. The van der Waals surface area contributed by atoms with Crippen LogP contribution >= 0.6 is 20.8 Å². The molecule has 1 aromatic heterocycles. The predicted octanol–water partition coefficient (Wildman–Crippen LogP) is 5.22. The number of aliphatic imine (C=N–C) groups is 1. The number of nitrogens with two attached hydrogens (primary N) is 2. The van der Waals surface area contributed by atoms with Gasteiger partial charge in [-0.2, -0.15) is 5.10 Å². The molecule has 35 heavy (non-hydrogen) atoms. The first-order valence-corrected chi connectivity index (χ1v) is 12.3. The molecular weight excluding hydrogens is 498 g/mol. The first kappa shape index (κ1) is 29.3. The molecule has 3 rings (SSSR count). The van der Waals surface area contributed by atoms with Crippen molar-refractivity contribution in [2.75, 3.05) is 6.54 Å². The zero-order chi connectivity index (χ0) is 26.6. The van der Waals surface area contributed by atoms with Gasteiger partial charge in [0.25, 0.3) is 5.66 Å². The van der Waals surface area contributed by atoms with Crippen LogP contribution in [0.15, 0.2) is 23.2 Å². The Morgan fingerprint density at radius 3 is 2.43 bits per heavy atom. The third-order valence-electron chi connectivity index (χ3n) is 5.19. The Bertz CT molecular complexity index is 1070. The van der Waals surface area contributed by atoms with Crippen molar-refractivity contribution >= 4 is 32.2 Å². The molecule has 11 heteroatoms. The number of alkyl halides is 2. The van der Waals surface area contributed by atoms with E-state index in [4.69, 9.17) is 23.1 Å². The number of rotatable bonds is 8. The average Bonchev–Trinajstić information content (AvgIpc) is 3.48. The van der Waals surface area contributed by atoms with Gasteiger partial charge < -0.3 is 16.6 Å². The molecular formula is C24H34ClF3N5OP. The van der Waals surface area contributed by atoms with Crippen molar-refractivity contribution in [2.24, 2.45) is 16.5 Å². The maximum absolute atomic E-state index is 15.2. The predicted molar refractivity (Wildman–Crippen MR) is 140 cm³/mol. The summed E-state index contributed by atoms with van der Waals surface area (Å²) in [5.41, 5.74) is 9.10. The number of aryl methyl sites for hydroxylation is 2. The number of aromatic amines is 1. The summed E-state index contributed by atoms with van der Waals surface area (Å²) in [6.45, 7) is 7.52. The van der Waals surface area contributed by atoms with Gasteiger partial charge in [0, 0.05) is 28.9 Å². The maximum atomic E-state index is 15.2. The van der Waals surface area contributed by atoms with Crippen molar-refractivity contribution in [1.82, 2.24) is 10.2 Å². The second kappa shape index (κ2) is 11.9. The standard InChI is InChI=1S/C22H27ClF3N4OP.C2H7N/c1-11-19(20(23)30-29-11)14-9-16(24)15(8-12(14)6-7-22(25,26)32)17(27)10-18(21(2,3)31)28-13-4-5-13;1-2-3/h8-10,13,31H,4-7,27,32H2,1-3H3,(H,29,30);2-3H2,1H3/b17-10-,28-18?;. The highest BCUT2D eigenvalue weighted by Gasteiger charge is 2.27. The van der Waals surface area contributed by atoms with E-state index in [-0.39, 0.29) is 28.9 Å². The van der Waals surface area contributed by atoms with Crippen LogP contribution in [0.2, 0.25) is 5.15 Å². The Morgan fingerprint density at radius 1 is 1.37 bits per heavy atom. The summed E-state index contributed by atoms with van der Waals surface area (Å²) >= 11 is 6.17. The molecule has 194 valence electrons. The van der Waals surface area contributed by atoms with Crippen LogP contribution in [0.5, 0.6) is 0 Å². The van der Waals surface area contributed by atoms with Gasteiger partial charge in [0.15, 0.2) is 5.15 Å². The number of aromatic nitrogens is 2. The number of hydrogen-bond donors (Lipinski definition) is 4. The van der Waals surface area contributed by atoms with Gasteiger partial charge in [0.05, 0.1) is 11.8 Å². The van der Waals surface area contributed by atoms with E-state index in [1.54, 1.807) is 20.8 Å². The van der Waals surface area contributed by atoms with Gasteiger partial charge in [-0.3, -0.25) is 10.1 Å². The van der Waals surface area contributed by atoms with Crippen LogP contribution in [0, 0.1) is 12.7 Å². The molecule has 0 saturated heterocycles. The number of halogens is 4. The zero-order valence-electron chi connectivity index (χ0n) is 20.4. The van der Waals surface area contributed by atoms with Crippen molar-refractivity contribution in [3.8, 4) is 11.1 Å². The molecule has 1 atom stereocenters. The normalized spacial score (nSPS) is 15.2. The van der Waals surface area contributed by atoms with Crippen molar-refractivity contribution in [3.63, 3.8) is 0 Å². The maximum Gasteiger partial charge on any atom is 0.259 e. The molecule has 1 saturated carbocycles. The van der Waals surface area contributed by atoms with Gasteiger partial charge >= 0.3 is 0 Å². The van der Waals surface area contributed by atoms with Crippen molar-refractivity contribution in [1.29, 1.82) is 0 Å². The fourth-order valence-electron chi connectivity index (χ4n) is 3.29. The second-order valence-corrected chi connectivity index (χ2v) is 10.3. The summed E-state index contributed by atoms with van der Waals surface area (Å²) in [6.07, 6.45) is 2.79. The molecule has 0 radical (unpaired) electrons. The van der Waals surface area contributed by atoms with E-state index in [2.05, 4.69) is 15.2 Å². The highest BCUT2D eigenvalue weighted by atomic mass is 35.5. The fourth-order valence-corrected chi connectivity index (χ4v) is 3.72. The quantitative estimate of drug-likeness (QED) is 0.276. The van der Waals surface area contributed by atoms with Crippen LogP contribution in [0.1, 0.15) is 56.9 Å². The molecule has 6 N–H and O–H groups in total. The summed E-state index contributed by atoms with van der Waals surface area (Å²) in [5, 5.41) is 17.2. The summed E-state index contributed by atoms with van der Waals surface area (Å²) in [4.78, 5) is 4.48. The lowest BCUT2D eigenvalue weighted by atomic mass is 9.92. The van der Waals surface area contributed by atoms with Crippen LogP contribution < -0.4 is 11.5 Å². The summed E-state index contributed by atoms with van der Waals surface area (Å²) in [5.74, 6) is -0.645. The largest absolute Gasteiger partial charge is 0.398 e. The highest BCUT2D eigenvalue weighted by molar-refractivity contribution is 7.18. The first-order valence-electron chi connectivity index (χ1n) is 11.4. The molecule has 1 fully saturated rings. The van der Waals surface area contributed by atoms with Crippen molar-refractivity contribution in [2.45, 2.75) is 70.7 Å². The van der Waals surface area contributed by atoms with Gasteiger partial charge in [0.2, 0.25) is 0 Å². The van der Waals surface area contributed by atoms with Crippen LogP contribution in [0.25, 0.3) is 16.8 Å². The van der Waals surface area contributed by atoms with Crippen molar-refractivity contribution in [3.05, 3.63) is 46.0 Å².